The number of hydrogen-bond donors (Lipinski definition) is 1. The van der Waals surface area contributed by atoms with Crippen LogP contribution in [0.1, 0.15) is 38.8 Å². The molecule has 1 aliphatic heterocycles. The summed E-state index contributed by atoms with van der Waals surface area (Å²) >= 11 is 0. The van der Waals surface area contributed by atoms with E-state index >= 15 is 0 Å². The molecule has 0 unspecified atom stereocenters. The third-order valence-corrected chi connectivity index (χ3v) is 4.49. The molecule has 0 aliphatic carbocycles. The number of hydrogen-bond acceptors (Lipinski definition) is 3. The molecule has 0 spiro atoms. The van der Waals surface area contributed by atoms with Gasteiger partial charge in [0.2, 0.25) is 5.91 Å². The molecule has 22 heavy (non-hydrogen) atoms. The minimum absolute atomic E-state index is 0.173. The SMILES string of the molecule is C=CC(=O)NCc1ccc(B2OC(C)(C)C(C)(C)O2)c(C)c1. The highest BCUT2D eigenvalue weighted by atomic mass is 16.7. The Kier molecular flexibility index (Phi) is 4.50. The van der Waals surface area contributed by atoms with Crippen LogP contribution in [0.2, 0.25) is 0 Å². The molecule has 1 aromatic carbocycles. The molecule has 1 saturated heterocycles. The standard InChI is InChI=1S/C17H24BNO3/c1-7-15(20)19-11-13-8-9-14(12(2)10-13)18-21-16(3,4)17(5,6)22-18/h7-10H,1,11H2,2-6H3,(H,19,20). The van der Waals surface area contributed by atoms with E-state index in [4.69, 9.17) is 9.31 Å². The maximum Gasteiger partial charge on any atom is 0.495 e. The van der Waals surface area contributed by atoms with Crippen molar-refractivity contribution in [3.8, 4) is 0 Å². The maximum atomic E-state index is 11.2. The Labute approximate surface area is 133 Å². The third-order valence-electron chi connectivity index (χ3n) is 4.49. The Balaban J connectivity index is 2.14. The molecule has 1 amide bonds. The van der Waals surface area contributed by atoms with E-state index < -0.39 is 0 Å². The fraction of sp³-hybridized carbons (Fsp3) is 0.471. The number of aryl methyl sites for hydroxylation is 1. The quantitative estimate of drug-likeness (QED) is 0.684. The van der Waals surface area contributed by atoms with Crippen LogP contribution in [0.4, 0.5) is 0 Å². The summed E-state index contributed by atoms with van der Waals surface area (Å²) in [6, 6.07) is 6.04. The molecule has 0 bridgehead atoms. The van der Waals surface area contributed by atoms with Gasteiger partial charge < -0.3 is 14.6 Å². The lowest BCUT2D eigenvalue weighted by molar-refractivity contribution is -0.116. The smallest absolute Gasteiger partial charge is 0.399 e. The lowest BCUT2D eigenvalue weighted by atomic mass is 9.76. The van der Waals surface area contributed by atoms with Crippen LogP contribution in [0.15, 0.2) is 30.9 Å². The first-order valence-corrected chi connectivity index (χ1v) is 7.51. The average Bonchev–Trinajstić information content (AvgIpc) is 2.64. The first-order valence-electron chi connectivity index (χ1n) is 7.51. The number of nitrogens with one attached hydrogen (secondary N) is 1. The lowest BCUT2D eigenvalue weighted by Crippen LogP contribution is -2.41. The summed E-state index contributed by atoms with van der Waals surface area (Å²) in [6.45, 7) is 14.1. The van der Waals surface area contributed by atoms with Crippen molar-refractivity contribution in [1.82, 2.24) is 5.32 Å². The Morgan fingerprint density at radius 2 is 1.86 bits per heavy atom. The van der Waals surface area contributed by atoms with Crippen LogP contribution < -0.4 is 10.8 Å². The molecule has 2 rings (SSSR count). The van der Waals surface area contributed by atoms with Crippen molar-refractivity contribution in [3.63, 3.8) is 0 Å². The van der Waals surface area contributed by atoms with Gasteiger partial charge in [0.05, 0.1) is 11.2 Å². The van der Waals surface area contributed by atoms with Gasteiger partial charge in [0, 0.05) is 6.54 Å². The van der Waals surface area contributed by atoms with Crippen molar-refractivity contribution in [1.29, 1.82) is 0 Å². The average molecular weight is 301 g/mol. The summed E-state index contributed by atoms with van der Waals surface area (Å²) < 4.78 is 12.2. The Bertz CT molecular complexity index is 580. The predicted octanol–water partition coefficient (Wildman–Crippen LogP) is 2.10. The molecule has 4 nitrogen and oxygen atoms in total. The molecule has 0 aromatic heterocycles. The fourth-order valence-corrected chi connectivity index (χ4v) is 2.34. The molecular formula is C17H24BNO3. The van der Waals surface area contributed by atoms with Gasteiger partial charge in [-0.3, -0.25) is 4.79 Å². The van der Waals surface area contributed by atoms with Crippen LogP contribution in [0.25, 0.3) is 0 Å². The van der Waals surface area contributed by atoms with Gasteiger partial charge in [-0.15, -0.1) is 0 Å². The molecular weight excluding hydrogens is 277 g/mol. The first kappa shape index (κ1) is 16.8. The van der Waals surface area contributed by atoms with E-state index in [9.17, 15) is 4.79 Å². The topological polar surface area (TPSA) is 47.6 Å². The van der Waals surface area contributed by atoms with Gasteiger partial charge in [-0.25, -0.2) is 0 Å². The van der Waals surface area contributed by atoms with Crippen LogP contribution >= 0.6 is 0 Å². The highest BCUT2D eigenvalue weighted by Gasteiger charge is 2.51. The van der Waals surface area contributed by atoms with Crippen LogP contribution in [0.3, 0.4) is 0 Å². The Morgan fingerprint density at radius 3 is 2.36 bits per heavy atom. The summed E-state index contributed by atoms with van der Waals surface area (Å²) in [5.74, 6) is -0.173. The summed E-state index contributed by atoms with van der Waals surface area (Å²) in [5, 5.41) is 2.77. The van der Waals surface area contributed by atoms with Crippen molar-refractivity contribution in [2.24, 2.45) is 0 Å². The Morgan fingerprint density at radius 1 is 1.27 bits per heavy atom. The van der Waals surface area contributed by atoms with E-state index in [-0.39, 0.29) is 24.2 Å². The number of amides is 1. The second-order valence-electron chi connectivity index (χ2n) is 6.70. The van der Waals surface area contributed by atoms with Crippen LogP contribution in [0.5, 0.6) is 0 Å². The largest absolute Gasteiger partial charge is 0.495 e. The van der Waals surface area contributed by atoms with Crippen molar-refractivity contribution < 1.29 is 14.1 Å². The van der Waals surface area contributed by atoms with Gasteiger partial charge >= 0.3 is 7.12 Å². The molecule has 1 aliphatic rings. The maximum absolute atomic E-state index is 11.2. The zero-order valence-electron chi connectivity index (χ0n) is 14.0. The minimum atomic E-state index is -0.359. The normalized spacial score (nSPS) is 19.0. The molecule has 1 heterocycles. The molecule has 118 valence electrons. The number of benzene rings is 1. The van der Waals surface area contributed by atoms with Gasteiger partial charge in [0.1, 0.15) is 0 Å². The van der Waals surface area contributed by atoms with Crippen molar-refractivity contribution in [2.75, 3.05) is 0 Å². The van der Waals surface area contributed by atoms with Gasteiger partial charge in [-0.05, 0) is 51.7 Å². The van der Waals surface area contributed by atoms with Gasteiger partial charge in [-0.1, -0.05) is 30.3 Å². The van der Waals surface area contributed by atoms with E-state index in [2.05, 4.69) is 11.9 Å². The first-order chi connectivity index (χ1) is 10.2. The van der Waals surface area contributed by atoms with Gasteiger partial charge in [-0.2, -0.15) is 0 Å². The molecule has 1 N–H and O–H groups in total. The fourth-order valence-electron chi connectivity index (χ4n) is 2.34. The van der Waals surface area contributed by atoms with Gasteiger partial charge in [0.15, 0.2) is 0 Å². The second-order valence-corrected chi connectivity index (χ2v) is 6.70. The van der Waals surface area contributed by atoms with E-state index in [0.29, 0.717) is 6.54 Å². The summed E-state index contributed by atoms with van der Waals surface area (Å²) in [7, 11) is -0.359. The van der Waals surface area contributed by atoms with E-state index in [1.165, 1.54) is 6.08 Å². The minimum Gasteiger partial charge on any atom is -0.399 e. The van der Waals surface area contributed by atoms with Crippen LogP contribution in [-0.4, -0.2) is 24.2 Å². The van der Waals surface area contributed by atoms with Gasteiger partial charge in [0.25, 0.3) is 0 Å². The number of carbonyl (C=O) groups excluding carboxylic acids is 1. The van der Waals surface area contributed by atoms with E-state index in [1.807, 2.05) is 52.8 Å². The molecule has 0 atom stereocenters. The van der Waals surface area contributed by atoms with E-state index in [0.717, 1.165) is 16.6 Å². The van der Waals surface area contributed by atoms with Crippen molar-refractivity contribution in [2.45, 2.75) is 52.4 Å². The van der Waals surface area contributed by atoms with Crippen LogP contribution in [-0.2, 0) is 20.6 Å². The number of rotatable bonds is 4. The van der Waals surface area contributed by atoms with Crippen molar-refractivity contribution in [3.05, 3.63) is 42.0 Å². The monoisotopic (exact) mass is 301 g/mol. The summed E-state index contributed by atoms with van der Waals surface area (Å²) in [6.07, 6.45) is 1.27. The molecule has 0 radical (unpaired) electrons. The summed E-state index contributed by atoms with van der Waals surface area (Å²) in [5.41, 5.74) is 2.45. The highest BCUT2D eigenvalue weighted by molar-refractivity contribution is 6.62. The predicted molar refractivity (Wildman–Crippen MR) is 88.9 cm³/mol. The molecule has 1 aromatic rings. The summed E-state index contributed by atoms with van der Waals surface area (Å²) in [4.78, 5) is 11.2. The van der Waals surface area contributed by atoms with Crippen LogP contribution in [0, 0.1) is 6.92 Å². The van der Waals surface area contributed by atoms with E-state index in [1.54, 1.807) is 0 Å². The third kappa shape index (κ3) is 3.26. The highest BCUT2D eigenvalue weighted by Crippen LogP contribution is 2.36. The molecule has 0 saturated carbocycles. The Hall–Kier alpha value is -1.59. The zero-order chi connectivity index (χ0) is 16.5. The zero-order valence-corrected chi connectivity index (χ0v) is 14.0. The number of carbonyl (C=O) groups is 1. The molecule has 5 heteroatoms. The second kappa shape index (κ2) is 5.90. The van der Waals surface area contributed by atoms with Crippen molar-refractivity contribution >= 4 is 18.5 Å². The molecule has 1 fully saturated rings. The lowest BCUT2D eigenvalue weighted by Gasteiger charge is -2.32.